The summed E-state index contributed by atoms with van der Waals surface area (Å²) in [5, 5.41) is 0. The molecular formula is C16H23NO3S. The van der Waals surface area contributed by atoms with Crippen molar-refractivity contribution in [2.45, 2.75) is 31.9 Å². The van der Waals surface area contributed by atoms with E-state index in [9.17, 15) is 13.2 Å². The molecule has 5 heteroatoms. The van der Waals surface area contributed by atoms with E-state index < -0.39 is 9.84 Å². The predicted molar refractivity (Wildman–Crippen MR) is 83.5 cm³/mol. The maximum absolute atomic E-state index is 12.1. The molecule has 1 aliphatic rings. The van der Waals surface area contributed by atoms with Crippen LogP contribution in [0.4, 0.5) is 0 Å². The fraction of sp³-hybridized carbons (Fsp3) is 0.562. The summed E-state index contributed by atoms with van der Waals surface area (Å²) in [5.74, 6) is 0.435. The number of nitrogens with zero attached hydrogens (tertiary/aromatic N) is 1. The molecule has 1 fully saturated rings. The number of benzene rings is 1. The van der Waals surface area contributed by atoms with Gasteiger partial charge in [-0.05, 0) is 24.3 Å². The van der Waals surface area contributed by atoms with Crippen LogP contribution in [0.5, 0.6) is 0 Å². The summed E-state index contributed by atoms with van der Waals surface area (Å²) in [6.07, 6.45) is 2.27. The average molecular weight is 309 g/mol. The lowest BCUT2D eigenvalue weighted by Gasteiger charge is -2.31. The Bertz CT molecular complexity index is 568. The van der Waals surface area contributed by atoms with Crippen molar-refractivity contribution in [2.24, 2.45) is 5.92 Å². The first-order valence-corrected chi connectivity index (χ1v) is 9.30. The Balaban J connectivity index is 1.85. The quantitative estimate of drug-likeness (QED) is 0.838. The molecule has 0 aromatic heterocycles. The molecule has 0 spiro atoms. The zero-order valence-electron chi connectivity index (χ0n) is 12.5. The van der Waals surface area contributed by atoms with E-state index in [2.05, 4.69) is 6.92 Å². The summed E-state index contributed by atoms with van der Waals surface area (Å²) < 4.78 is 24.2. The van der Waals surface area contributed by atoms with E-state index in [0.29, 0.717) is 5.92 Å². The first-order chi connectivity index (χ1) is 9.96. The topological polar surface area (TPSA) is 54.5 Å². The number of carbonyl (C=O) groups is 1. The molecule has 1 aliphatic heterocycles. The molecule has 1 atom stereocenters. The normalized spacial score (nSPS) is 19.5. The second-order valence-electron chi connectivity index (χ2n) is 5.91. The number of rotatable bonds is 5. The van der Waals surface area contributed by atoms with Gasteiger partial charge in [-0.25, -0.2) is 8.42 Å². The van der Waals surface area contributed by atoms with Gasteiger partial charge in [-0.1, -0.05) is 37.3 Å². The SMILES string of the molecule is C[C@H]1CCCN(C(=O)CCS(=O)(=O)Cc2ccccc2)C1. The van der Waals surface area contributed by atoms with E-state index in [0.717, 1.165) is 31.5 Å². The largest absolute Gasteiger partial charge is 0.342 e. The predicted octanol–water partition coefficient (Wildman–Crippen LogP) is 2.25. The number of piperidine rings is 1. The third-order valence-electron chi connectivity index (χ3n) is 3.87. The number of carbonyl (C=O) groups excluding carboxylic acids is 1. The van der Waals surface area contributed by atoms with Gasteiger partial charge >= 0.3 is 0 Å². The van der Waals surface area contributed by atoms with Crippen molar-refractivity contribution in [2.75, 3.05) is 18.8 Å². The third kappa shape index (κ3) is 5.16. The Kier molecular flexibility index (Phi) is 5.39. The van der Waals surface area contributed by atoms with E-state index in [1.54, 1.807) is 12.1 Å². The molecule has 1 aromatic carbocycles. The van der Waals surface area contributed by atoms with Gasteiger partial charge in [-0.3, -0.25) is 4.79 Å². The van der Waals surface area contributed by atoms with Crippen LogP contribution in [0.3, 0.4) is 0 Å². The molecule has 0 saturated carbocycles. The zero-order valence-corrected chi connectivity index (χ0v) is 13.3. The first kappa shape index (κ1) is 16.0. The Hall–Kier alpha value is -1.36. The van der Waals surface area contributed by atoms with Crippen molar-refractivity contribution in [1.29, 1.82) is 0 Å². The molecule has 2 rings (SSSR count). The molecule has 1 amide bonds. The minimum Gasteiger partial charge on any atom is -0.342 e. The zero-order chi connectivity index (χ0) is 15.3. The van der Waals surface area contributed by atoms with Crippen molar-refractivity contribution in [3.05, 3.63) is 35.9 Å². The Morgan fingerprint density at radius 3 is 2.67 bits per heavy atom. The minimum atomic E-state index is -3.23. The summed E-state index contributed by atoms with van der Waals surface area (Å²) in [5.41, 5.74) is 0.775. The first-order valence-electron chi connectivity index (χ1n) is 7.48. The van der Waals surface area contributed by atoms with Crippen molar-refractivity contribution in [3.63, 3.8) is 0 Å². The van der Waals surface area contributed by atoms with Crippen molar-refractivity contribution >= 4 is 15.7 Å². The van der Waals surface area contributed by atoms with E-state index in [4.69, 9.17) is 0 Å². The van der Waals surface area contributed by atoms with Crippen LogP contribution in [-0.4, -0.2) is 38.1 Å². The molecule has 0 bridgehead atoms. The van der Waals surface area contributed by atoms with Crippen LogP contribution in [0.1, 0.15) is 31.7 Å². The third-order valence-corrected chi connectivity index (χ3v) is 5.47. The van der Waals surface area contributed by atoms with Crippen LogP contribution in [0.15, 0.2) is 30.3 Å². The number of likely N-dealkylation sites (tertiary alicyclic amines) is 1. The minimum absolute atomic E-state index is 0.0114. The van der Waals surface area contributed by atoms with Crippen LogP contribution in [0, 0.1) is 5.92 Å². The molecule has 116 valence electrons. The van der Waals surface area contributed by atoms with Crippen LogP contribution in [0.2, 0.25) is 0 Å². The van der Waals surface area contributed by atoms with Crippen LogP contribution in [0.25, 0.3) is 0 Å². The summed E-state index contributed by atoms with van der Waals surface area (Å²) in [4.78, 5) is 13.9. The average Bonchev–Trinajstić information content (AvgIpc) is 2.45. The lowest BCUT2D eigenvalue weighted by Crippen LogP contribution is -2.39. The van der Waals surface area contributed by atoms with Gasteiger partial charge < -0.3 is 4.90 Å². The molecule has 1 aromatic rings. The van der Waals surface area contributed by atoms with Crippen LogP contribution < -0.4 is 0 Å². The number of sulfone groups is 1. The highest BCUT2D eigenvalue weighted by Crippen LogP contribution is 2.16. The number of hydrogen-bond donors (Lipinski definition) is 0. The van der Waals surface area contributed by atoms with Gasteiger partial charge in [0.25, 0.3) is 0 Å². The summed E-state index contributed by atoms with van der Waals surface area (Å²) in [6.45, 7) is 3.66. The fourth-order valence-corrected chi connectivity index (χ4v) is 4.05. The molecule has 0 unspecified atom stereocenters. The Labute approximate surface area is 127 Å². The molecule has 1 saturated heterocycles. The molecule has 21 heavy (non-hydrogen) atoms. The van der Waals surface area contributed by atoms with Crippen molar-refractivity contribution in [1.82, 2.24) is 4.90 Å². The Morgan fingerprint density at radius 2 is 2.00 bits per heavy atom. The number of amides is 1. The standard InChI is InChI=1S/C16H23NO3S/c1-14-6-5-10-17(12-14)16(18)9-11-21(19,20)13-15-7-3-2-4-8-15/h2-4,7-8,14H,5-6,9-13H2,1H3/t14-/m0/s1. The van der Waals surface area contributed by atoms with Gasteiger partial charge in [0.1, 0.15) is 0 Å². The van der Waals surface area contributed by atoms with Gasteiger partial charge in [0, 0.05) is 19.5 Å². The highest BCUT2D eigenvalue weighted by Gasteiger charge is 2.22. The molecule has 0 radical (unpaired) electrons. The second-order valence-corrected chi connectivity index (χ2v) is 8.10. The highest BCUT2D eigenvalue weighted by molar-refractivity contribution is 7.90. The van der Waals surface area contributed by atoms with E-state index >= 15 is 0 Å². The smallest absolute Gasteiger partial charge is 0.223 e. The maximum atomic E-state index is 12.1. The van der Waals surface area contributed by atoms with Crippen LogP contribution in [-0.2, 0) is 20.4 Å². The second kappa shape index (κ2) is 7.07. The van der Waals surface area contributed by atoms with Gasteiger partial charge in [-0.2, -0.15) is 0 Å². The van der Waals surface area contributed by atoms with E-state index in [1.807, 2.05) is 23.1 Å². The highest BCUT2D eigenvalue weighted by atomic mass is 32.2. The van der Waals surface area contributed by atoms with E-state index in [1.165, 1.54) is 0 Å². The molecule has 0 N–H and O–H groups in total. The van der Waals surface area contributed by atoms with E-state index in [-0.39, 0.29) is 23.8 Å². The lowest BCUT2D eigenvalue weighted by molar-refractivity contribution is -0.132. The van der Waals surface area contributed by atoms with Gasteiger partial charge in [0.15, 0.2) is 9.84 Å². The maximum Gasteiger partial charge on any atom is 0.223 e. The molecule has 0 aliphatic carbocycles. The van der Waals surface area contributed by atoms with Gasteiger partial charge in [0.05, 0.1) is 11.5 Å². The molecule has 1 heterocycles. The van der Waals surface area contributed by atoms with Crippen molar-refractivity contribution < 1.29 is 13.2 Å². The fourth-order valence-electron chi connectivity index (χ4n) is 2.72. The summed E-state index contributed by atoms with van der Waals surface area (Å²) in [7, 11) is -3.23. The molecular weight excluding hydrogens is 286 g/mol. The molecule has 4 nitrogen and oxygen atoms in total. The Morgan fingerprint density at radius 1 is 1.29 bits per heavy atom. The number of hydrogen-bond acceptors (Lipinski definition) is 3. The van der Waals surface area contributed by atoms with Gasteiger partial charge in [0.2, 0.25) is 5.91 Å². The monoisotopic (exact) mass is 309 g/mol. The van der Waals surface area contributed by atoms with Crippen molar-refractivity contribution in [3.8, 4) is 0 Å². The lowest BCUT2D eigenvalue weighted by atomic mass is 10.0. The van der Waals surface area contributed by atoms with Gasteiger partial charge in [-0.15, -0.1) is 0 Å². The summed E-state index contributed by atoms with van der Waals surface area (Å²) in [6, 6.07) is 9.10. The summed E-state index contributed by atoms with van der Waals surface area (Å²) >= 11 is 0. The van der Waals surface area contributed by atoms with Crippen LogP contribution >= 0.6 is 0 Å².